The van der Waals surface area contributed by atoms with Crippen LogP contribution in [0, 0.1) is 0 Å². The van der Waals surface area contributed by atoms with Crippen LogP contribution in [0.5, 0.6) is 0 Å². The van der Waals surface area contributed by atoms with Gasteiger partial charge in [0.05, 0.1) is 11.3 Å². The van der Waals surface area contributed by atoms with E-state index in [1.54, 1.807) is 12.1 Å². The quantitative estimate of drug-likeness (QED) is 0.668. The van der Waals surface area contributed by atoms with Crippen LogP contribution in [0.25, 0.3) is 0 Å². The Bertz CT molecular complexity index is 483. The summed E-state index contributed by atoms with van der Waals surface area (Å²) in [5.74, 6) is -1.28. The highest BCUT2D eigenvalue weighted by Gasteiger charge is 2.11. The van der Waals surface area contributed by atoms with E-state index in [1.165, 1.54) is 39.0 Å². The largest absolute Gasteiger partial charge is 0.478 e. The molecule has 0 aromatic heterocycles. The van der Waals surface area contributed by atoms with Gasteiger partial charge < -0.3 is 10.4 Å². The van der Waals surface area contributed by atoms with Crippen LogP contribution in [0.4, 0.5) is 5.69 Å². The molecule has 0 saturated heterocycles. The van der Waals surface area contributed by atoms with Gasteiger partial charge in [0, 0.05) is 6.92 Å². The van der Waals surface area contributed by atoms with Crippen molar-refractivity contribution in [1.82, 2.24) is 0 Å². The lowest BCUT2D eigenvalue weighted by atomic mass is 10.0. The number of carboxylic acids is 1. The number of aryl methyl sites for hydroxylation is 1. The van der Waals surface area contributed by atoms with Crippen LogP contribution in [0.2, 0.25) is 0 Å². The third kappa shape index (κ3) is 6.43. The molecule has 1 rings (SSSR count). The van der Waals surface area contributed by atoms with Gasteiger partial charge in [-0.1, -0.05) is 45.1 Å². The second kappa shape index (κ2) is 9.16. The van der Waals surface area contributed by atoms with Gasteiger partial charge in [-0.05, 0) is 30.5 Å². The van der Waals surface area contributed by atoms with E-state index in [4.69, 9.17) is 5.11 Å². The van der Waals surface area contributed by atoms with Crippen LogP contribution in [0.3, 0.4) is 0 Å². The Kier molecular flexibility index (Phi) is 7.51. The number of nitrogens with one attached hydrogen (secondary N) is 1. The van der Waals surface area contributed by atoms with Crippen molar-refractivity contribution < 1.29 is 14.7 Å². The molecule has 4 nitrogen and oxygen atoms in total. The molecule has 0 spiro atoms. The van der Waals surface area contributed by atoms with Crippen LogP contribution in [-0.4, -0.2) is 17.0 Å². The summed E-state index contributed by atoms with van der Waals surface area (Å²) in [6.07, 6.45) is 8.27. The van der Waals surface area contributed by atoms with Crippen LogP contribution in [0.1, 0.15) is 68.3 Å². The topological polar surface area (TPSA) is 66.4 Å². The number of carboxylic acid groups (broad SMARTS) is 1. The predicted octanol–water partition coefficient (Wildman–Crippen LogP) is 4.25. The molecule has 0 aliphatic heterocycles. The lowest BCUT2D eigenvalue weighted by Gasteiger charge is -2.09. The zero-order chi connectivity index (χ0) is 15.7. The van der Waals surface area contributed by atoms with Crippen molar-refractivity contribution in [3.8, 4) is 0 Å². The molecule has 0 atom stereocenters. The normalized spacial score (nSPS) is 10.4. The maximum absolute atomic E-state index is 11.2. The van der Waals surface area contributed by atoms with Gasteiger partial charge in [0.25, 0.3) is 0 Å². The Morgan fingerprint density at radius 1 is 1.10 bits per heavy atom. The highest BCUT2D eigenvalue weighted by molar-refractivity contribution is 5.99. The van der Waals surface area contributed by atoms with Crippen molar-refractivity contribution in [1.29, 1.82) is 0 Å². The Balaban J connectivity index is 2.59. The summed E-state index contributed by atoms with van der Waals surface area (Å²) in [4.78, 5) is 22.3. The predicted molar refractivity (Wildman–Crippen MR) is 84.8 cm³/mol. The summed E-state index contributed by atoms with van der Waals surface area (Å²) in [6.45, 7) is 3.58. The van der Waals surface area contributed by atoms with Gasteiger partial charge in [-0.15, -0.1) is 0 Å². The number of rotatable bonds is 9. The molecule has 0 saturated carbocycles. The van der Waals surface area contributed by atoms with E-state index in [-0.39, 0.29) is 11.5 Å². The summed E-state index contributed by atoms with van der Waals surface area (Å²) in [6, 6.07) is 5.18. The van der Waals surface area contributed by atoms with Crippen molar-refractivity contribution in [2.45, 2.75) is 58.8 Å². The lowest BCUT2D eigenvalue weighted by Crippen LogP contribution is -2.11. The number of hydrogen-bond donors (Lipinski definition) is 2. The third-order valence-corrected chi connectivity index (χ3v) is 3.44. The number of benzene rings is 1. The van der Waals surface area contributed by atoms with Crippen LogP contribution in [0.15, 0.2) is 18.2 Å². The summed E-state index contributed by atoms with van der Waals surface area (Å²) in [5, 5.41) is 11.7. The highest BCUT2D eigenvalue weighted by atomic mass is 16.4. The fourth-order valence-corrected chi connectivity index (χ4v) is 2.34. The van der Waals surface area contributed by atoms with Gasteiger partial charge in [0.15, 0.2) is 0 Å². The molecule has 4 heteroatoms. The molecule has 0 fully saturated rings. The van der Waals surface area contributed by atoms with Gasteiger partial charge in [-0.25, -0.2) is 4.79 Å². The molecule has 0 unspecified atom stereocenters. The fraction of sp³-hybridized carbons (Fsp3) is 0.529. The molecule has 2 N–H and O–H groups in total. The Labute approximate surface area is 126 Å². The maximum Gasteiger partial charge on any atom is 0.337 e. The molecule has 1 amide bonds. The van der Waals surface area contributed by atoms with Crippen molar-refractivity contribution in [2.24, 2.45) is 0 Å². The standard InChI is InChI=1S/C17H25NO3/c1-3-4-5-6-7-8-9-14-10-11-15(17(20)21)16(12-14)18-13(2)19/h10-12H,3-9H2,1-2H3,(H,18,19)(H,20,21). The lowest BCUT2D eigenvalue weighted by molar-refractivity contribution is -0.114. The second-order valence-corrected chi connectivity index (χ2v) is 5.38. The van der Waals surface area contributed by atoms with Gasteiger partial charge >= 0.3 is 5.97 Å². The number of hydrogen-bond acceptors (Lipinski definition) is 2. The number of aromatic carboxylic acids is 1. The molecule has 21 heavy (non-hydrogen) atoms. The average Bonchev–Trinajstić information content (AvgIpc) is 2.42. The minimum Gasteiger partial charge on any atom is -0.478 e. The molecule has 1 aromatic rings. The SMILES string of the molecule is CCCCCCCCc1ccc(C(=O)O)c(NC(C)=O)c1. The summed E-state index contributed by atoms with van der Waals surface area (Å²) < 4.78 is 0. The molecule has 0 bridgehead atoms. The molecule has 0 radical (unpaired) electrons. The molecule has 1 aromatic carbocycles. The summed E-state index contributed by atoms with van der Waals surface area (Å²) >= 11 is 0. The maximum atomic E-state index is 11.2. The molecule has 116 valence electrons. The van der Waals surface area contributed by atoms with E-state index in [9.17, 15) is 9.59 Å². The Hall–Kier alpha value is -1.84. The van der Waals surface area contributed by atoms with Gasteiger partial charge in [-0.2, -0.15) is 0 Å². The van der Waals surface area contributed by atoms with E-state index < -0.39 is 5.97 Å². The molecular weight excluding hydrogens is 266 g/mol. The van der Waals surface area contributed by atoms with E-state index in [0.717, 1.165) is 18.4 Å². The van der Waals surface area contributed by atoms with Crippen LogP contribution < -0.4 is 5.32 Å². The van der Waals surface area contributed by atoms with E-state index in [0.29, 0.717) is 5.69 Å². The van der Waals surface area contributed by atoms with Gasteiger partial charge in [0.2, 0.25) is 5.91 Å². The number of unbranched alkanes of at least 4 members (excludes halogenated alkanes) is 5. The molecule has 0 aliphatic carbocycles. The Morgan fingerprint density at radius 3 is 2.38 bits per heavy atom. The first-order chi connectivity index (χ1) is 10.0. The summed E-state index contributed by atoms with van der Waals surface area (Å²) in [7, 11) is 0. The number of carbonyl (C=O) groups excluding carboxylic acids is 1. The van der Waals surface area contributed by atoms with Crippen LogP contribution >= 0.6 is 0 Å². The monoisotopic (exact) mass is 291 g/mol. The zero-order valence-corrected chi connectivity index (χ0v) is 12.9. The Morgan fingerprint density at radius 2 is 1.76 bits per heavy atom. The number of carbonyl (C=O) groups is 2. The van der Waals surface area contributed by atoms with Gasteiger partial charge in [-0.3, -0.25) is 4.79 Å². The average molecular weight is 291 g/mol. The van der Waals surface area contributed by atoms with Crippen molar-refractivity contribution >= 4 is 17.6 Å². The molecular formula is C17H25NO3. The second-order valence-electron chi connectivity index (χ2n) is 5.38. The van der Waals surface area contributed by atoms with E-state index in [1.807, 2.05) is 6.07 Å². The number of amides is 1. The van der Waals surface area contributed by atoms with Crippen molar-refractivity contribution in [2.75, 3.05) is 5.32 Å². The van der Waals surface area contributed by atoms with E-state index in [2.05, 4.69) is 12.2 Å². The van der Waals surface area contributed by atoms with Crippen LogP contribution in [-0.2, 0) is 11.2 Å². The molecule has 0 heterocycles. The summed E-state index contributed by atoms with van der Waals surface area (Å²) in [5.41, 5.74) is 1.59. The van der Waals surface area contributed by atoms with Crippen molar-refractivity contribution in [3.05, 3.63) is 29.3 Å². The van der Waals surface area contributed by atoms with E-state index >= 15 is 0 Å². The highest BCUT2D eigenvalue weighted by Crippen LogP contribution is 2.20. The first-order valence-electron chi connectivity index (χ1n) is 7.68. The minimum absolute atomic E-state index is 0.136. The zero-order valence-electron chi connectivity index (χ0n) is 12.9. The molecule has 0 aliphatic rings. The van der Waals surface area contributed by atoms with Gasteiger partial charge in [0.1, 0.15) is 0 Å². The fourth-order valence-electron chi connectivity index (χ4n) is 2.34. The minimum atomic E-state index is -1.02. The smallest absolute Gasteiger partial charge is 0.337 e. The third-order valence-electron chi connectivity index (χ3n) is 3.44. The number of anilines is 1. The first-order valence-corrected chi connectivity index (χ1v) is 7.68. The van der Waals surface area contributed by atoms with Crippen molar-refractivity contribution in [3.63, 3.8) is 0 Å². The first kappa shape index (κ1) is 17.2.